The summed E-state index contributed by atoms with van der Waals surface area (Å²) < 4.78 is 10.5. The number of ketones is 1. The van der Waals surface area contributed by atoms with Crippen molar-refractivity contribution in [2.24, 2.45) is 0 Å². The average molecular weight is 404 g/mol. The summed E-state index contributed by atoms with van der Waals surface area (Å²) in [4.78, 5) is 37.9. The summed E-state index contributed by atoms with van der Waals surface area (Å²) in [6.45, 7) is 5.85. The van der Waals surface area contributed by atoms with Crippen molar-refractivity contribution in [2.45, 2.75) is 33.6 Å². The highest BCUT2D eigenvalue weighted by atomic mass is 32.1. The van der Waals surface area contributed by atoms with E-state index in [-0.39, 0.29) is 18.9 Å². The van der Waals surface area contributed by atoms with E-state index in [1.165, 1.54) is 11.3 Å². The van der Waals surface area contributed by atoms with Crippen molar-refractivity contribution >= 4 is 29.0 Å². The van der Waals surface area contributed by atoms with Gasteiger partial charge in [-0.2, -0.15) is 0 Å². The number of unbranched alkanes of at least 4 members (excludes halogenated alkanes) is 1. The maximum Gasteiger partial charge on any atom is 0.325 e. The lowest BCUT2D eigenvalue weighted by Crippen LogP contribution is -2.31. The summed E-state index contributed by atoms with van der Waals surface area (Å²) in [5.74, 6) is -0.611. The number of Topliss-reactive ketones (excluding diaryl/α,β-unsaturated/α-hetero) is 1. The van der Waals surface area contributed by atoms with Crippen LogP contribution in [0.1, 0.15) is 50.2 Å². The van der Waals surface area contributed by atoms with E-state index >= 15 is 0 Å². The molecule has 0 aliphatic carbocycles. The first kappa shape index (κ1) is 21.6. The Morgan fingerprint density at radius 3 is 2.43 bits per heavy atom. The Labute approximate surface area is 168 Å². The van der Waals surface area contributed by atoms with Gasteiger partial charge in [-0.05, 0) is 50.6 Å². The van der Waals surface area contributed by atoms with Crippen LogP contribution in [-0.2, 0) is 9.53 Å². The number of benzene rings is 1. The van der Waals surface area contributed by atoms with Crippen LogP contribution in [0.5, 0.6) is 5.75 Å². The number of thiophene rings is 1. The fourth-order valence-electron chi connectivity index (χ4n) is 2.47. The minimum Gasteiger partial charge on any atom is -0.494 e. The number of rotatable bonds is 10. The zero-order chi connectivity index (χ0) is 20.5. The highest BCUT2D eigenvalue weighted by Crippen LogP contribution is 2.21. The van der Waals surface area contributed by atoms with Crippen LogP contribution in [0.15, 0.2) is 30.3 Å². The van der Waals surface area contributed by atoms with Crippen molar-refractivity contribution in [1.82, 2.24) is 5.32 Å². The lowest BCUT2D eigenvalue weighted by atomic mass is 10.2. The number of aryl methyl sites for hydroxylation is 2. The molecule has 1 amide bonds. The summed E-state index contributed by atoms with van der Waals surface area (Å²) in [5.41, 5.74) is 0.983. The topological polar surface area (TPSA) is 81.7 Å². The lowest BCUT2D eigenvalue weighted by Gasteiger charge is -2.08. The second kappa shape index (κ2) is 10.6. The van der Waals surface area contributed by atoms with Crippen LogP contribution in [0.3, 0.4) is 0 Å². The monoisotopic (exact) mass is 403 g/mol. The van der Waals surface area contributed by atoms with Gasteiger partial charge in [0.15, 0.2) is 6.61 Å². The van der Waals surface area contributed by atoms with Gasteiger partial charge in [-0.3, -0.25) is 14.4 Å². The van der Waals surface area contributed by atoms with E-state index in [1.807, 2.05) is 13.8 Å². The molecule has 0 unspecified atom stereocenters. The summed E-state index contributed by atoms with van der Waals surface area (Å²) in [6.07, 6.45) is 2.02. The predicted octanol–water partition coefficient (Wildman–Crippen LogP) is 3.70. The molecule has 0 fully saturated rings. The van der Waals surface area contributed by atoms with Crippen molar-refractivity contribution in [2.75, 3.05) is 19.8 Å². The van der Waals surface area contributed by atoms with Crippen LogP contribution in [0.2, 0.25) is 0 Å². The normalized spacial score (nSPS) is 10.4. The molecule has 1 aromatic heterocycles. The Bertz CT molecular complexity index is 826. The number of carbonyl (C=O) groups is 3. The van der Waals surface area contributed by atoms with Crippen LogP contribution in [0.4, 0.5) is 0 Å². The van der Waals surface area contributed by atoms with E-state index < -0.39 is 11.9 Å². The van der Waals surface area contributed by atoms with Gasteiger partial charge in [0, 0.05) is 20.9 Å². The molecule has 6 nitrogen and oxygen atoms in total. The van der Waals surface area contributed by atoms with E-state index in [4.69, 9.17) is 9.47 Å². The van der Waals surface area contributed by atoms with Gasteiger partial charge in [0.1, 0.15) is 12.3 Å². The van der Waals surface area contributed by atoms with Crippen LogP contribution in [0, 0.1) is 13.8 Å². The van der Waals surface area contributed by atoms with E-state index in [0.29, 0.717) is 23.5 Å². The summed E-state index contributed by atoms with van der Waals surface area (Å²) >= 11 is 1.52. The van der Waals surface area contributed by atoms with Gasteiger partial charge in [0.25, 0.3) is 5.91 Å². The van der Waals surface area contributed by atoms with Gasteiger partial charge >= 0.3 is 5.97 Å². The molecular weight excluding hydrogens is 378 g/mol. The Morgan fingerprint density at radius 1 is 1.11 bits per heavy atom. The number of hydrogen-bond donors (Lipinski definition) is 1. The van der Waals surface area contributed by atoms with Crippen molar-refractivity contribution in [3.8, 4) is 5.75 Å². The number of amides is 1. The molecule has 28 heavy (non-hydrogen) atoms. The van der Waals surface area contributed by atoms with Crippen molar-refractivity contribution in [3.05, 3.63) is 51.2 Å². The first-order valence-electron chi connectivity index (χ1n) is 9.17. The van der Waals surface area contributed by atoms with E-state index in [1.54, 1.807) is 30.3 Å². The van der Waals surface area contributed by atoms with Crippen LogP contribution < -0.4 is 10.1 Å². The van der Waals surface area contributed by atoms with E-state index in [0.717, 1.165) is 22.6 Å². The van der Waals surface area contributed by atoms with Gasteiger partial charge in [0.2, 0.25) is 5.78 Å². The largest absolute Gasteiger partial charge is 0.494 e. The summed E-state index contributed by atoms with van der Waals surface area (Å²) in [7, 11) is 0. The molecule has 0 aliphatic rings. The molecule has 2 aromatic rings. The second-order valence-electron chi connectivity index (χ2n) is 6.32. The third-order valence-electron chi connectivity index (χ3n) is 3.98. The molecule has 2 rings (SSSR count). The molecule has 7 heteroatoms. The lowest BCUT2D eigenvalue weighted by molar-refractivity contribution is -0.141. The summed E-state index contributed by atoms with van der Waals surface area (Å²) in [6, 6.07) is 8.48. The smallest absolute Gasteiger partial charge is 0.325 e. The van der Waals surface area contributed by atoms with Crippen molar-refractivity contribution < 1.29 is 23.9 Å². The van der Waals surface area contributed by atoms with Crippen LogP contribution in [0.25, 0.3) is 0 Å². The first-order chi connectivity index (χ1) is 13.4. The molecule has 0 saturated heterocycles. The van der Waals surface area contributed by atoms with Gasteiger partial charge in [-0.15, -0.1) is 11.3 Å². The molecule has 0 atom stereocenters. The first-order valence-corrected chi connectivity index (χ1v) is 9.99. The zero-order valence-corrected chi connectivity index (χ0v) is 17.2. The third-order valence-corrected chi connectivity index (χ3v) is 4.95. The number of ether oxygens (including phenoxy) is 2. The molecule has 0 aliphatic heterocycles. The molecule has 1 aromatic carbocycles. The Kier molecular flexibility index (Phi) is 8.19. The maximum atomic E-state index is 12.1. The molecule has 0 spiro atoms. The Hall–Kier alpha value is -2.67. The summed E-state index contributed by atoms with van der Waals surface area (Å²) in [5, 5.41) is 2.49. The maximum absolute atomic E-state index is 12.1. The fourth-order valence-corrected chi connectivity index (χ4v) is 3.42. The molecule has 1 N–H and O–H groups in total. The van der Waals surface area contributed by atoms with Gasteiger partial charge < -0.3 is 14.8 Å². The van der Waals surface area contributed by atoms with Crippen molar-refractivity contribution in [1.29, 1.82) is 0 Å². The molecular formula is C21H25NO5S. The van der Waals surface area contributed by atoms with E-state index in [9.17, 15) is 14.4 Å². The standard InChI is InChI=1S/C21H25NO5S/c1-4-5-10-26-17-8-6-16(7-9-17)21(25)22-12-20(24)27-13-19(23)18-11-14(2)28-15(18)3/h6-9,11H,4-5,10,12-13H2,1-3H3,(H,22,25). The average Bonchev–Trinajstić information content (AvgIpc) is 3.03. The highest BCUT2D eigenvalue weighted by Gasteiger charge is 2.15. The fraction of sp³-hybridized carbons (Fsp3) is 0.381. The van der Waals surface area contributed by atoms with Crippen LogP contribution >= 0.6 is 11.3 Å². The number of esters is 1. The molecule has 0 saturated carbocycles. The molecule has 150 valence electrons. The number of hydrogen-bond acceptors (Lipinski definition) is 6. The Balaban J connectivity index is 1.75. The number of carbonyl (C=O) groups excluding carboxylic acids is 3. The third kappa shape index (κ3) is 6.49. The minimum atomic E-state index is -0.661. The van der Waals surface area contributed by atoms with Crippen molar-refractivity contribution in [3.63, 3.8) is 0 Å². The van der Waals surface area contributed by atoms with Gasteiger partial charge in [0.05, 0.1) is 6.61 Å². The highest BCUT2D eigenvalue weighted by molar-refractivity contribution is 7.12. The molecule has 0 radical (unpaired) electrons. The van der Waals surface area contributed by atoms with E-state index in [2.05, 4.69) is 12.2 Å². The molecule has 0 bridgehead atoms. The zero-order valence-electron chi connectivity index (χ0n) is 16.4. The van der Waals surface area contributed by atoms with Gasteiger partial charge in [-0.1, -0.05) is 13.3 Å². The Morgan fingerprint density at radius 2 is 1.82 bits per heavy atom. The predicted molar refractivity (Wildman–Crippen MR) is 108 cm³/mol. The SMILES string of the molecule is CCCCOc1ccc(C(=O)NCC(=O)OCC(=O)c2cc(C)sc2C)cc1. The minimum absolute atomic E-state index is 0.250. The quantitative estimate of drug-likeness (QED) is 0.372. The van der Waals surface area contributed by atoms with Crippen LogP contribution in [-0.4, -0.2) is 37.4 Å². The second-order valence-corrected chi connectivity index (χ2v) is 7.78. The molecule has 1 heterocycles. The van der Waals surface area contributed by atoms with Gasteiger partial charge in [-0.25, -0.2) is 0 Å². The number of nitrogens with one attached hydrogen (secondary N) is 1.